The van der Waals surface area contributed by atoms with E-state index in [9.17, 15) is 14.7 Å². The lowest BCUT2D eigenvalue weighted by Gasteiger charge is -2.41. The number of hydrogen-bond acceptors (Lipinski definition) is 6. The number of carbonyl (C=O) groups is 3. The highest BCUT2D eigenvalue weighted by Gasteiger charge is 2.77. The summed E-state index contributed by atoms with van der Waals surface area (Å²) in [5.74, 6) is -2.21. The van der Waals surface area contributed by atoms with Crippen LogP contribution in [0.2, 0.25) is 0 Å². The second-order valence-corrected chi connectivity index (χ2v) is 14.7. The third-order valence-electron chi connectivity index (χ3n) is 10.8. The maximum absolute atomic E-state index is 15.2. The molecular formula is C40H46BrN3O6. The van der Waals surface area contributed by atoms with E-state index in [1.165, 1.54) is 0 Å². The zero-order valence-electron chi connectivity index (χ0n) is 28.9. The molecule has 3 heterocycles. The van der Waals surface area contributed by atoms with Crippen molar-refractivity contribution in [2.45, 2.75) is 62.2 Å². The van der Waals surface area contributed by atoms with Crippen molar-refractivity contribution in [3.8, 4) is 5.75 Å². The summed E-state index contributed by atoms with van der Waals surface area (Å²) < 4.78 is 12.5. The summed E-state index contributed by atoms with van der Waals surface area (Å²) in [5.41, 5.74) is -0.00550. The van der Waals surface area contributed by atoms with E-state index in [-0.39, 0.29) is 48.2 Å². The van der Waals surface area contributed by atoms with Gasteiger partial charge in [0.1, 0.15) is 17.4 Å². The molecule has 3 fully saturated rings. The number of hydrogen-bond donors (Lipinski definition) is 1. The summed E-state index contributed by atoms with van der Waals surface area (Å²) >= 11 is 3.81. The largest absolute Gasteiger partial charge is 0.494 e. The van der Waals surface area contributed by atoms with Gasteiger partial charge in [0.15, 0.2) is 0 Å². The fourth-order valence-corrected chi connectivity index (χ4v) is 9.21. The molecule has 0 saturated carbocycles. The van der Waals surface area contributed by atoms with E-state index >= 15 is 4.79 Å². The first-order valence-corrected chi connectivity index (χ1v) is 18.4. The Kier molecular flexibility index (Phi) is 10.5. The highest BCUT2D eigenvalue weighted by molar-refractivity contribution is 9.09. The number of rotatable bonds is 14. The molecule has 9 nitrogen and oxygen atoms in total. The van der Waals surface area contributed by atoms with Crippen LogP contribution in [0.3, 0.4) is 0 Å². The van der Waals surface area contributed by atoms with Crippen molar-refractivity contribution in [3.05, 3.63) is 92.0 Å². The second kappa shape index (κ2) is 14.7. The van der Waals surface area contributed by atoms with Crippen LogP contribution in [-0.4, -0.2) is 82.6 Å². The molecule has 3 saturated heterocycles. The minimum absolute atomic E-state index is 0.129. The Labute approximate surface area is 302 Å². The molecule has 3 amide bonds. The molecule has 8 atom stereocenters. The lowest BCUT2D eigenvalue weighted by atomic mass is 9.70. The number of amides is 3. The van der Waals surface area contributed by atoms with Crippen LogP contribution >= 0.6 is 15.9 Å². The zero-order chi connectivity index (χ0) is 35.7. The van der Waals surface area contributed by atoms with Gasteiger partial charge in [-0.3, -0.25) is 14.4 Å². The molecule has 0 aromatic heterocycles. The number of carbonyl (C=O) groups excluding carboxylic acids is 3. The van der Waals surface area contributed by atoms with Gasteiger partial charge in [-0.15, -0.1) is 13.2 Å². The van der Waals surface area contributed by atoms with Gasteiger partial charge < -0.3 is 29.3 Å². The molecule has 3 aliphatic heterocycles. The summed E-state index contributed by atoms with van der Waals surface area (Å²) in [7, 11) is 0. The third-order valence-corrected chi connectivity index (χ3v) is 11.6. The molecular weight excluding hydrogens is 698 g/mol. The Balaban J connectivity index is 1.45. The molecule has 3 aromatic rings. The van der Waals surface area contributed by atoms with Gasteiger partial charge in [-0.1, -0.05) is 78.7 Å². The van der Waals surface area contributed by atoms with Crippen LogP contribution in [-0.2, 0) is 19.1 Å². The SMILES string of the molecule is C=CCN(C(=O)C1N([C@@H](CO)[C@@H](C)CC)C(=O)[C@@H]2[C@@H](C(=O)N(CC=C)c3ccc(OCC)cc3)[C@@H]3OC12CC3Br)c1ccc2ccccc2c1. The van der Waals surface area contributed by atoms with Crippen molar-refractivity contribution in [1.29, 1.82) is 0 Å². The van der Waals surface area contributed by atoms with Crippen LogP contribution in [0.4, 0.5) is 11.4 Å². The number of aliphatic hydroxyl groups is 1. The number of ether oxygens (including phenoxy) is 2. The smallest absolute Gasteiger partial charge is 0.253 e. The molecule has 3 aromatic carbocycles. The number of benzene rings is 3. The average molecular weight is 745 g/mol. The predicted octanol–water partition coefficient (Wildman–Crippen LogP) is 6.13. The first-order valence-electron chi connectivity index (χ1n) is 17.5. The third kappa shape index (κ3) is 5.95. The van der Waals surface area contributed by atoms with E-state index in [1.807, 2.05) is 87.5 Å². The van der Waals surface area contributed by atoms with Gasteiger partial charge in [0, 0.05) is 29.3 Å². The maximum atomic E-state index is 15.2. The van der Waals surface area contributed by atoms with Crippen molar-refractivity contribution in [2.24, 2.45) is 17.8 Å². The number of alkyl halides is 1. The molecule has 0 radical (unpaired) electrons. The molecule has 50 heavy (non-hydrogen) atoms. The minimum Gasteiger partial charge on any atom is -0.494 e. The van der Waals surface area contributed by atoms with Gasteiger partial charge in [-0.05, 0) is 66.4 Å². The number of fused-ring (bicyclic) bond motifs is 2. The Morgan fingerprint density at radius 2 is 1.66 bits per heavy atom. The highest BCUT2D eigenvalue weighted by atomic mass is 79.9. The van der Waals surface area contributed by atoms with Crippen molar-refractivity contribution in [1.82, 2.24) is 4.90 Å². The van der Waals surface area contributed by atoms with E-state index in [1.54, 1.807) is 26.9 Å². The van der Waals surface area contributed by atoms with Gasteiger partial charge in [0.25, 0.3) is 5.91 Å². The number of anilines is 2. The van der Waals surface area contributed by atoms with Gasteiger partial charge in [-0.2, -0.15) is 0 Å². The first kappa shape index (κ1) is 35.8. The summed E-state index contributed by atoms with van der Waals surface area (Å²) in [6.07, 6.45) is 3.70. The topological polar surface area (TPSA) is 99.6 Å². The molecule has 1 N–H and O–H groups in total. The quantitative estimate of drug-likeness (QED) is 0.158. The van der Waals surface area contributed by atoms with Crippen LogP contribution in [0.1, 0.15) is 33.6 Å². The Bertz CT molecular complexity index is 1770. The van der Waals surface area contributed by atoms with E-state index in [0.717, 1.165) is 10.8 Å². The average Bonchev–Trinajstić information content (AvgIpc) is 3.72. The van der Waals surface area contributed by atoms with Crippen molar-refractivity contribution in [2.75, 3.05) is 36.1 Å². The molecule has 2 bridgehead atoms. The summed E-state index contributed by atoms with van der Waals surface area (Å²) in [5, 5.41) is 12.8. The van der Waals surface area contributed by atoms with Gasteiger partial charge in [0.05, 0.1) is 37.2 Å². The summed E-state index contributed by atoms with van der Waals surface area (Å²) in [6.45, 7) is 14.3. The molecule has 3 aliphatic rings. The monoisotopic (exact) mass is 743 g/mol. The van der Waals surface area contributed by atoms with Crippen molar-refractivity contribution >= 4 is 55.8 Å². The maximum Gasteiger partial charge on any atom is 0.253 e. The zero-order valence-corrected chi connectivity index (χ0v) is 30.5. The lowest BCUT2D eigenvalue weighted by molar-refractivity contribution is -0.145. The van der Waals surface area contributed by atoms with Crippen LogP contribution in [0.25, 0.3) is 10.8 Å². The Morgan fingerprint density at radius 1 is 1.02 bits per heavy atom. The molecule has 0 aliphatic carbocycles. The van der Waals surface area contributed by atoms with Crippen LogP contribution < -0.4 is 14.5 Å². The number of likely N-dealkylation sites (tertiary alicyclic amines) is 1. The fraction of sp³-hybridized carbons (Fsp3) is 0.425. The second-order valence-electron chi connectivity index (χ2n) is 13.5. The van der Waals surface area contributed by atoms with E-state index < -0.39 is 35.6 Å². The fourth-order valence-electron chi connectivity index (χ4n) is 8.27. The Hall–Kier alpha value is -3.99. The summed E-state index contributed by atoms with van der Waals surface area (Å²) in [4.78, 5) is 49.5. The minimum atomic E-state index is -1.30. The molecule has 3 unspecified atom stereocenters. The highest BCUT2D eigenvalue weighted by Crippen LogP contribution is 2.61. The van der Waals surface area contributed by atoms with Crippen LogP contribution in [0, 0.1) is 17.8 Å². The van der Waals surface area contributed by atoms with E-state index in [4.69, 9.17) is 9.47 Å². The van der Waals surface area contributed by atoms with Crippen LogP contribution in [0.5, 0.6) is 5.75 Å². The van der Waals surface area contributed by atoms with Gasteiger partial charge >= 0.3 is 0 Å². The molecule has 1 spiro atoms. The van der Waals surface area contributed by atoms with E-state index in [2.05, 4.69) is 29.1 Å². The first-order chi connectivity index (χ1) is 24.1. The predicted molar refractivity (Wildman–Crippen MR) is 200 cm³/mol. The number of nitrogens with zero attached hydrogens (tertiary/aromatic N) is 3. The van der Waals surface area contributed by atoms with Crippen LogP contribution in [0.15, 0.2) is 92.0 Å². The Morgan fingerprint density at radius 3 is 2.28 bits per heavy atom. The number of halogens is 1. The van der Waals surface area contributed by atoms with Gasteiger partial charge in [0.2, 0.25) is 11.8 Å². The van der Waals surface area contributed by atoms with Crippen molar-refractivity contribution < 1.29 is 29.0 Å². The molecule has 10 heteroatoms. The van der Waals surface area contributed by atoms with Gasteiger partial charge in [-0.25, -0.2) is 0 Å². The molecule has 264 valence electrons. The standard InChI is InChI=1S/C40H46BrN3O6/c1-6-20-42(28-16-18-30(19-17-28)49-9-4)37(46)33-34-38(47)44(32(24-45)25(5)8-3)36(40(34)23-31(41)35(33)50-40)39(48)43(21-7-2)29-15-14-26-12-10-11-13-27(26)22-29/h6-7,10-19,22,25,31-36,45H,1-2,8-9,20-21,23-24H2,3-5H3/t25-,31?,32-,33+,34-,35+,36?,40?/m0/s1. The lowest BCUT2D eigenvalue weighted by Crippen LogP contribution is -2.60. The number of aliphatic hydroxyl groups excluding tert-OH is 1. The summed E-state index contributed by atoms with van der Waals surface area (Å²) in [6, 6.07) is 19.3. The normalized spacial score (nSPS) is 26.4. The van der Waals surface area contributed by atoms with E-state index in [0.29, 0.717) is 36.6 Å². The molecule has 6 rings (SSSR count). The van der Waals surface area contributed by atoms with Crippen molar-refractivity contribution in [3.63, 3.8) is 0 Å².